The Morgan fingerprint density at radius 2 is 1.88 bits per heavy atom. The third-order valence-electron chi connectivity index (χ3n) is 5.72. The molecule has 6 nitrogen and oxygen atoms in total. The normalized spacial score (nSPS) is 17.9. The molecule has 4 heterocycles. The highest BCUT2D eigenvalue weighted by Gasteiger charge is 2.41. The average molecular weight is 442 g/mol. The van der Waals surface area contributed by atoms with Crippen molar-refractivity contribution >= 4 is 17.3 Å². The molecule has 160 valence electrons. The predicted octanol–water partition coefficient (Wildman–Crippen LogP) is 4.45. The lowest BCUT2D eigenvalue weighted by atomic mass is 10.0. The molecule has 32 heavy (non-hydrogen) atoms. The number of methoxy groups -OCH3 is 1. The highest BCUT2D eigenvalue weighted by Crippen LogP contribution is 2.40. The molecule has 1 aliphatic heterocycles. The van der Waals surface area contributed by atoms with Crippen molar-refractivity contribution < 1.29 is 4.74 Å². The molecule has 7 heteroatoms. The summed E-state index contributed by atoms with van der Waals surface area (Å²) in [5.41, 5.74) is 4.24. The summed E-state index contributed by atoms with van der Waals surface area (Å²) in [7, 11) is 1.68. The van der Waals surface area contributed by atoms with Gasteiger partial charge < -0.3 is 19.5 Å². The van der Waals surface area contributed by atoms with Crippen molar-refractivity contribution in [2.24, 2.45) is 0 Å². The maximum atomic E-state index is 5.82. The summed E-state index contributed by atoms with van der Waals surface area (Å²) in [6.07, 6.45) is 7.54. The van der Waals surface area contributed by atoms with Crippen LogP contribution >= 0.6 is 12.2 Å². The molecule has 0 bridgehead atoms. The molecule has 0 aliphatic carbocycles. The molecule has 1 N–H and O–H groups in total. The molecule has 1 aromatic carbocycles. The first-order valence-corrected chi connectivity index (χ1v) is 10.8. The molecular formula is C25H23N5OS. The summed E-state index contributed by atoms with van der Waals surface area (Å²) in [4.78, 5) is 11.2. The predicted molar refractivity (Wildman–Crippen MR) is 128 cm³/mol. The molecule has 3 aromatic heterocycles. The molecule has 0 amide bonds. The van der Waals surface area contributed by atoms with E-state index in [1.54, 1.807) is 13.3 Å². The van der Waals surface area contributed by atoms with E-state index < -0.39 is 0 Å². The van der Waals surface area contributed by atoms with Crippen molar-refractivity contribution in [2.75, 3.05) is 7.11 Å². The van der Waals surface area contributed by atoms with Gasteiger partial charge in [0, 0.05) is 30.8 Å². The first kappa shape index (κ1) is 20.2. The van der Waals surface area contributed by atoms with Crippen LogP contribution in [-0.2, 0) is 6.54 Å². The number of benzene rings is 1. The van der Waals surface area contributed by atoms with Gasteiger partial charge in [0.15, 0.2) is 5.11 Å². The molecule has 0 spiro atoms. The number of hydrogen-bond acceptors (Lipinski definition) is 4. The quantitative estimate of drug-likeness (QED) is 0.446. The fourth-order valence-corrected chi connectivity index (χ4v) is 4.50. The third kappa shape index (κ3) is 3.83. The van der Waals surface area contributed by atoms with Crippen molar-refractivity contribution in [1.82, 2.24) is 24.8 Å². The van der Waals surface area contributed by atoms with E-state index in [1.807, 2.05) is 48.8 Å². The summed E-state index contributed by atoms with van der Waals surface area (Å²) in [6, 6.07) is 22.2. The zero-order valence-corrected chi connectivity index (χ0v) is 18.4. The maximum Gasteiger partial charge on any atom is 0.170 e. The van der Waals surface area contributed by atoms with Crippen LogP contribution in [-0.4, -0.2) is 31.7 Å². The van der Waals surface area contributed by atoms with E-state index in [-0.39, 0.29) is 12.1 Å². The summed E-state index contributed by atoms with van der Waals surface area (Å²) in [5.74, 6) is 0.837. The molecule has 0 unspecified atom stereocenters. The largest absolute Gasteiger partial charge is 0.497 e. The van der Waals surface area contributed by atoms with Crippen molar-refractivity contribution in [2.45, 2.75) is 18.6 Å². The van der Waals surface area contributed by atoms with Crippen LogP contribution in [0.4, 0.5) is 0 Å². The zero-order chi connectivity index (χ0) is 21.9. The Morgan fingerprint density at radius 3 is 2.59 bits per heavy atom. The number of pyridine rings is 2. The van der Waals surface area contributed by atoms with Crippen molar-refractivity contribution in [1.29, 1.82) is 0 Å². The number of aromatic nitrogens is 3. The second-order valence-corrected chi connectivity index (χ2v) is 8.00. The Bertz CT molecular complexity index is 1190. The second kappa shape index (κ2) is 8.80. The Hall–Kier alpha value is -3.71. The minimum absolute atomic E-state index is 0.0466. The smallest absolute Gasteiger partial charge is 0.170 e. The van der Waals surface area contributed by atoms with Gasteiger partial charge in [-0.05, 0) is 66.3 Å². The first-order chi connectivity index (χ1) is 15.7. The number of nitrogens with one attached hydrogen (secondary N) is 1. The van der Waals surface area contributed by atoms with Crippen molar-refractivity contribution in [3.63, 3.8) is 0 Å². The Balaban J connectivity index is 1.57. The number of rotatable bonds is 6. The van der Waals surface area contributed by atoms with E-state index in [0.717, 1.165) is 28.4 Å². The number of thiocarbonyl (C=S) groups is 1. The lowest BCUT2D eigenvalue weighted by Gasteiger charge is -2.29. The molecular weight excluding hydrogens is 418 g/mol. The van der Waals surface area contributed by atoms with E-state index >= 15 is 0 Å². The van der Waals surface area contributed by atoms with Gasteiger partial charge in [-0.2, -0.15) is 0 Å². The zero-order valence-electron chi connectivity index (χ0n) is 17.6. The van der Waals surface area contributed by atoms with Crippen LogP contribution in [0.1, 0.15) is 29.0 Å². The minimum Gasteiger partial charge on any atom is -0.497 e. The van der Waals surface area contributed by atoms with Gasteiger partial charge in [0.05, 0.1) is 36.8 Å². The SMILES string of the molecule is COc1ccc(CN2C(=S)N[C@H](c3ccccn3)[C@H]2c2cccn2-c2cccnc2)cc1. The second-order valence-electron chi connectivity index (χ2n) is 7.62. The molecule has 1 fully saturated rings. The fraction of sp³-hybridized carbons (Fsp3) is 0.160. The van der Waals surface area contributed by atoms with Crippen molar-refractivity contribution in [3.8, 4) is 11.4 Å². The Labute approximate surface area is 192 Å². The molecule has 5 rings (SSSR count). The van der Waals surface area contributed by atoms with Crippen LogP contribution < -0.4 is 10.1 Å². The summed E-state index contributed by atoms with van der Waals surface area (Å²) in [6.45, 7) is 0.669. The first-order valence-electron chi connectivity index (χ1n) is 10.4. The van der Waals surface area contributed by atoms with Gasteiger partial charge >= 0.3 is 0 Å². The van der Waals surface area contributed by atoms with Crippen LogP contribution in [0.25, 0.3) is 5.69 Å². The van der Waals surface area contributed by atoms with E-state index in [1.165, 1.54) is 0 Å². The topological polar surface area (TPSA) is 55.2 Å². The Morgan fingerprint density at radius 1 is 1.00 bits per heavy atom. The van der Waals surface area contributed by atoms with Gasteiger partial charge in [-0.3, -0.25) is 9.97 Å². The van der Waals surface area contributed by atoms with Gasteiger partial charge in [0.2, 0.25) is 0 Å². The van der Waals surface area contributed by atoms with Gasteiger partial charge in [0.1, 0.15) is 5.75 Å². The summed E-state index contributed by atoms with van der Waals surface area (Å²) >= 11 is 5.82. The third-order valence-corrected chi connectivity index (χ3v) is 6.07. The molecule has 1 aliphatic rings. The molecule has 1 saturated heterocycles. The number of hydrogen-bond donors (Lipinski definition) is 1. The van der Waals surface area contributed by atoms with Gasteiger partial charge in [-0.1, -0.05) is 18.2 Å². The van der Waals surface area contributed by atoms with Gasteiger partial charge in [-0.25, -0.2) is 0 Å². The molecule has 0 radical (unpaired) electrons. The molecule has 2 atom stereocenters. The molecule has 0 saturated carbocycles. The van der Waals surface area contributed by atoms with Crippen LogP contribution in [0, 0.1) is 0 Å². The van der Waals surface area contributed by atoms with E-state index in [0.29, 0.717) is 11.7 Å². The fourth-order valence-electron chi connectivity index (χ4n) is 4.19. The lowest BCUT2D eigenvalue weighted by molar-refractivity contribution is 0.302. The number of nitrogens with zero attached hydrogens (tertiary/aromatic N) is 4. The van der Waals surface area contributed by atoms with Crippen LogP contribution in [0.15, 0.2) is 91.5 Å². The van der Waals surface area contributed by atoms with Crippen LogP contribution in [0.2, 0.25) is 0 Å². The van der Waals surface area contributed by atoms with Gasteiger partial charge in [0.25, 0.3) is 0 Å². The summed E-state index contributed by atoms with van der Waals surface area (Å²) < 4.78 is 7.48. The van der Waals surface area contributed by atoms with E-state index in [4.69, 9.17) is 17.0 Å². The van der Waals surface area contributed by atoms with Crippen LogP contribution in [0.5, 0.6) is 5.75 Å². The summed E-state index contributed by atoms with van der Waals surface area (Å²) in [5, 5.41) is 4.23. The lowest BCUT2D eigenvalue weighted by Crippen LogP contribution is -2.30. The highest BCUT2D eigenvalue weighted by atomic mass is 32.1. The molecule has 4 aromatic rings. The monoisotopic (exact) mass is 441 g/mol. The van der Waals surface area contributed by atoms with Crippen molar-refractivity contribution in [3.05, 3.63) is 108 Å². The average Bonchev–Trinajstić information content (AvgIpc) is 3.45. The number of ether oxygens (including phenoxy) is 1. The van der Waals surface area contributed by atoms with E-state index in [2.05, 4.69) is 61.3 Å². The van der Waals surface area contributed by atoms with Crippen LogP contribution in [0.3, 0.4) is 0 Å². The van der Waals surface area contributed by atoms with E-state index in [9.17, 15) is 0 Å². The maximum absolute atomic E-state index is 5.82. The Kier molecular flexibility index (Phi) is 5.56. The highest BCUT2D eigenvalue weighted by molar-refractivity contribution is 7.80. The standard InChI is InChI=1S/C25H23N5OS/c1-31-20-11-9-18(10-12-20)17-30-24(23(28-25(30)32)21-7-2-3-14-27-21)22-8-5-15-29(22)19-6-4-13-26-16-19/h2-16,23-24H,17H2,1H3,(H,28,32)/t23-,24-/m1/s1. The van der Waals surface area contributed by atoms with Gasteiger partial charge in [-0.15, -0.1) is 0 Å². The minimum atomic E-state index is -0.0766.